The van der Waals surface area contributed by atoms with Gasteiger partial charge in [0.15, 0.2) is 0 Å². The zero-order valence-corrected chi connectivity index (χ0v) is 15.3. The van der Waals surface area contributed by atoms with Crippen LogP contribution in [-0.4, -0.2) is 7.11 Å². The first kappa shape index (κ1) is 16.7. The van der Waals surface area contributed by atoms with Crippen molar-refractivity contribution in [3.05, 3.63) is 63.1 Å². The van der Waals surface area contributed by atoms with E-state index in [1.54, 1.807) is 13.2 Å². The molecular formula is C17H17BrCl2O. The predicted octanol–water partition coefficient (Wildman–Crippen LogP) is 6.61. The van der Waals surface area contributed by atoms with Gasteiger partial charge in [0.2, 0.25) is 0 Å². The Morgan fingerprint density at radius 2 is 1.52 bits per heavy atom. The van der Waals surface area contributed by atoms with E-state index in [1.165, 1.54) is 5.56 Å². The monoisotopic (exact) mass is 386 g/mol. The van der Waals surface area contributed by atoms with Gasteiger partial charge in [0.25, 0.3) is 0 Å². The zero-order chi connectivity index (χ0) is 15.6. The van der Waals surface area contributed by atoms with Crippen molar-refractivity contribution < 1.29 is 4.74 Å². The molecule has 1 unspecified atom stereocenters. The van der Waals surface area contributed by atoms with Gasteiger partial charge in [-0.15, -0.1) is 0 Å². The average Bonchev–Trinajstić information content (AvgIpc) is 2.48. The molecule has 2 aromatic carbocycles. The number of ether oxygens (including phenoxy) is 1. The van der Waals surface area contributed by atoms with Gasteiger partial charge in [-0.1, -0.05) is 77.2 Å². The third-order valence-corrected chi connectivity index (χ3v) is 5.08. The highest BCUT2D eigenvalue weighted by molar-refractivity contribution is 9.09. The first-order valence-electron chi connectivity index (χ1n) is 6.71. The number of hydrogen-bond acceptors (Lipinski definition) is 1. The highest BCUT2D eigenvalue weighted by atomic mass is 79.9. The third-order valence-electron chi connectivity index (χ3n) is 3.44. The Hall–Kier alpha value is -0.700. The molecular weight excluding hydrogens is 371 g/mol. The number of hydrogen-bond donors (Lipinski definition) is 0. The van der Waals surface area contributed by atoms with Gasteiger partial charge >= 0.3 is 0 Å². The summed E-state index contributed by atoms with van der Waals surface area (Å²) in [6.45, 7) is 4.36. The molecule has 112 valence electrons. The van der Waals surface area contributed by atoms with Gasteiger partial charge < -0.3 is 4.74 Å². The van der Waals surface area contributed by atoms with Crippen molar-refractivity contribution in [2.45, 2.75) is 24.6 Å². The lowest BCUT2D eigenvalue weighted by Gasteiger charge is -2.15. The molecule has 0 heterocycles. The Morgan fingerprint density at radius 3 is 2.05 bits per heavy atom. The van der Waals surface area contributed by atoms with Crippen molar-refractivity contribution in [3.8, 4) is 5.75 Å². The van der Waals surface area contributed by atoms with Gasteiger partial charge in [0.1, 0.15) is 5.75 Å². The van der Waals surface area contributed by atoms with Gasteiger partial charge in [-0.05, 0) is 28.7 Å². The van der Waals surface area contributed by atoms with Crippen molar-refractivity contribution >= 4 is 39.1 Å². The number of alkyl halides is 1. The Balaban J connectivity index is 2.35. The average molecular weight is 388 g/mol. The van der Waals surface area contributed by atoms with Gasteiger partial charge in [0, 0.05) is 11.1 Å². The van der Waals surface area contributed by atoms with E-state index < -0.39 is 0 Å². The van der Waals surface area contributed by atoms with Gasteiger partial charge in [0.05, 0.1) is 17.0 Å². The predicted molar refractivity (Wildman–Crippen MR) is 94.3 cm³/mol. The molecule has 0 N–H and O–H groups in total. The quantitative estimate of drug-likeness (QED) is 0.536. The minimum absolute atomic E-state index is 0.00498. The van der Waals surface area contributed by atoms with Crippen molar-refractivity contribution in [2.75, 3.05) is 7.11 Å². The van der Waals surface area contributed by atoms with Gasteiger partial charge in [-0.3, -0.25) is 0 Å². The molecule has 0 saturated carbocycles. The maximum atomic E-state index is 6.34. The molecule has 0 saturated heterocycles. The van der Waals surface area contributed by atoms with Crippen LogP contribution in [0.5, 0.6) is 5.75 Å². The standard InChI is InChI=1S/C17H17BrCl2O/c1-10(2)11-4-6-12(7-5-11)17(18)13-8-15(20)16(21-3)9-14(13)19/h4-10,17H,1-3H3. The molecule has 21 heavy (non-hydrogen) atoms. The van der Waals surface area contributed by atoms with Crippen LogP contribution in [0.25, 0.3) is 0 Å². The third kappa shape index (κ3) is 3.74. The second-order valence-electron chi connectivity index (χ2n) is 5.19. The highest BCUT2D eigenvalue weighted by Gasteiger charge is 2.17. The van der Waals surface area contributed by atoms with Crippen LogP contribution in [0.3, 0.4) is 0 Å². The normalized spacial score (nSPS) is 12.5. The molecule has 0 spiro atoms. The molecule has 0 aliphatic heterocycles. The van der Waals surface area contributed by atoms with E-state index in [4.69, 9.17) is 27.9 Å². The second-order valence-corrected chi connectivity index (χ2v) is 6.92. The van der Waals surface area contributed by atoms with Crippen molar-refractivity contribution in [1.82, 2.24) is 0 Å². The minimum atomic E-state index is -0.00498. The minimum Gasteiger partial charge on any atom is -0.495 e. The number of rotatable bonds is 4. The van der Waals surface area contributed by atoms with E-state index in [0.29, 0.717) is 21.7 Å². The molecule has 1 nitrogen and oxygen atoms in total. The summed E-state index contributed by atoms with van der Waals surface area (Å²) in [7, 11) is 1.58. The summed E-state index contributed by atoms with van der Waals surface area (Å²) in [6, 6.07) is 12.1. The molecule has 0 aliphatic rings. The fourth-order valence-corrected chi connectivity index (χ4v) is 3.45. The van der Waals surface area contributed by atoms with Crippen LogP contribution in [0, 0.1) is 0 Å². The summed E-state index contributed by atoms with van der Waals surface area (Å²) in [5.74, 6) is 1.10. The topological polar surface area (TPSA) is 9.23 Å². The number of methoxy groups -OCH3 is 1. The molecule has 0 aromatic heterocycles. The fraction of sp³-hybridized carbons (Fsp3) is 0.294. The molecule has 0 radical (unpaired) electrons. The van der Waals surface area contributed by atoms with Crippen LogP contribution in [0.1, 0.15) is 41.3 Å². The van der Waals surface area contributed by atoms with E-state index in [0.717, 1.165) is 11.1 Å². The lowest BCUT2D eigenvalue weighted by molar-refractivity contribution is 0.415. The molecule has 0 aliphatic carbocycles. The maximum Gasteiger partial charge on any atom is 0.138 e. The second kappa shape index (κ2) is 7.04. The summed E-state index contributed by atoms with van der Waals surface area (Å²) >= 11 is 16.2. The Labute approximate surface area is 144 Å². The molecule has 0 amide bonds. The van der Waals surface area contributed by atoms with Crippen LogP contribution in [-0.2, 0) is 0 Å². The van der Waals surface area contributed by atoms with Crippen LogP contribution >= 0.6 is 39.1 Å². The Morgan fingerprint density at radius 1 is 0.952 bits per heavy atom. The Bertz CT molecular complexity index is 623. The van der Waals surface area contributed by atoms with Gasteiger partial charge in [-0.25, -0.2) is 0 Å². The molecule has 4 heteroatoms. The summed E-state index contributed by atoms with van der Waals surface area (Å²) in [5.41, 5.74) is 3.39. The summed E-state index contributed by atoms with van der Waals surface area (Å²) in [4.78, 5) is -0.00498. The summed E-state index contributed by atoms with van der Waals surface area (Å²) in [5, 5.41) is 1.19. The lowest BCUT2D eigenvalue weighted by atomic mass is 9.99. The van der Waals surface area contributed by atoms with Crippen LogP contribution in [0.15, 0.2) is 36.4 Å². The zero-order valence-electron chi connectivity index (χ0n) is 12.2. The number of benzene rings is 2. The molecule has 2 rings (SSSR count). The first-order valence-corrected chi connectivity index (χ1v) is 8.38. The molecule has 0 fully saturated rings. The molecule has 1 atom stereocenters. The molecule has 0 bridgehead atoms. The van der Waals surface area contributed by atoms with Crippen LogP contribution < -0.4 is 4.74 Å². The smallest absolute Gasteiger partial charge is 0.138 e. The lowest BCUT2D eigenvalue weighted by Crippen LogP contribution is -1.96. The van der Waals surface area contributed by atoms with E-state index in [9.17, 15) is 0 Å². The summed E-state index contributed by atoms with van der Waals surface area (Å²) < 4.78 is 5.18. The summed E-state index contributed by atoms with van der Waals surface area (Å²) in [6.07, 6.45) is 0. The highest BCUT2D eigenvalue weighted by Crippen LogP contribution is 2.40. The van der Waals surface area contributed by atoms with Gasteiger partial charge in [-0.2, -0.15) is 0 Å². The SMILES string of the molecule is COc1cc(Cl)c(C(Br)c2ccc(C(C)C)cc2)cc1Cl. The van der Waals surface area contributed by atoms with Crippen LogP contribution in [0.4, 0.5) is 0 Å². The Kier molecular flexibility index (Phi) is 5.59. The van der Waals surface area contributed by atoms with Crippen molar-refractivity contribution in [1.29, 1.82) is 0 Å². The molecule has 2 aromatic rings. The van der Waals surface area contributed by atoms with E-state index in [2.05, 4.69) is 54.0 Å². The van der Waals surface area contributed by atoms with E-state index in [1.807, 2.05) is 6.07 Å². The fourth-order valence-electron chi connectivity index (χ4n) is 2.12. The van der Waals surface area contributed by atoms with Crippen molar-refractivity contribution in [2.24, 2.45) is 0 Å². The van der Waals surface area contributed by atoms with E-state index in [-0.39, 0.29) is 4.83 Å². The largest absolute Gasteiger partial charge is 0.495 e. The van der Waals surface area contributed by atoms with E-state index >= 15 is 0 Å². The van der Waals surface area contributed by atoms with Crippen LogP contribution in [0.2, 0.25) is 10.0 Å². The maximum absolute atomic E-state index is 6.34. The van der Waals surface area contributed by atoms with Crippen molar-refractivity contribution in [3.63, 3.8) is 0 Å². The number of halogens is 3. The first-order chi connectivity index (χ1) is 9.93.